The van der Waals surface area contributed by atoms with E-state index in [1.165, 1.54) is 76.0 Å². The fourth-order valence-corrected chi connectivity index (χ4v) is 3.36. The molecule has 3 heteroatoms. The van der Waals surface area contributed by atoms with Crippen LogP contribution in [0.5, 0.6) is 0 Å². The molecule has 0 aliphatic rings. The molecule has 0 bridgehead atoms. The van der Waals surface area contributed by atoms with Gasteiger partial charge in [-0.05, 0) is 44.2 Å². The fraction of sp³-hybridized carbons (Fsp3) is 0.556. The Labute approximate surface area is 183 Å². The van der Waals surface area contributed by atoms with Crippen LogP contribution >= 0.6 is 0 Å². The molecule has 2 rings (SSSR count). The Hall–Kier alpha value is -2.16. The van der Waals surface area contributed by atoms with Crippen molar-refractivity contribution in [3.05, 3.63) is 54.7 Å². The van der Waals surface area contributed by atoms with Gasteiger partial charge in [-0.2, -0.15) is 0 Å². The zero-order valence-corrected chi connectivity index (χ0v) is 18.9. The van der Waals surface area contributed by atoms with Crippen LogP contribution in [0.4, 0.5) is 0 Å². The van der Waals surface area contributed by atoms with Gasteiger partial charge in [-0.15, -0.1) is 0 Å². The number of pyridine rings is 1. The summed E-state index contributed by atoms with van der Waals surface area (Å²) in [4.78, 5) is 14.5. The molecule has 0 radical (unpaired) electrons. The van der Waals surface area contributed by atoms with Gasteiger partial charge in [-0.25, -0.2) is 0 Å². The second kappa shape index (κ2) is 18.8. The maximum atomic E-state index is 10.3. The highest BCUT2D eigenvalue weighted by molar-refractivity contribution is 5.77. The van der Waals surface area contributed by atoms with Crippen LogP contribution in [0.1, 0.15) is 96.8 Å². The summed E-state index contributed by atoms with van der Waals surface area (Å²) in [5.41, 5.74) is 1.06. The second-order valence-electron chi connectivity index (χ2n) is 7.92. The van der Waals surface area contributed by atoms with Crippen molar-refractivity contribution in [2.45, 2.75) is 96.8 Å². The van der Waals surface area contributed by atoms with Crippen LogP contribution in [0.15, 0.2) is 54.7 Å². The Bertz CT molecular complexity index is 631. The Morgan fingerprint density at radius 3 is 2.00 bits per heavy atom. The van der Waals surface area contributed by atoms with E-state index in [0.29, 0.717) is 6.42 Å². The Morgan fingerprint density at radius 2 is 1.37 bits per heavy atom. The van der Waals surface area contributed by atoms with Crippen LogP contribution in [0.25, 0.3) is 10.9 Å². The van der Waals surface area contributed by atoms with Crippen LogP contribution in [-0.2, 0) is 4.79 Å². The molecule has 2 aromatic rings. The highest BCUT2D eigenvalue weighted by Gasteiger charge is 1.95. The molecule has 166 valence electrons. The first-order valence-electron chi connectivity index (χ1n) is 11.9. The third-order valence-electron chi connectivity index (χ3n) is 5.16. The number of carboxylic acids is 1. The quantitative estimate of drug-likeness (QED) is 0.237. The largest absolute Gasteiger partial charge is 0.481 e. The molecule has 3 nitrogen and oxygen atoms in total. The van der Waals surface area contributed by atoms with Crippen molar-refractivity contribution in [1.29, 1.82) is 0 Å². The maximum absolute atomic E-state index is 10.3. The number of rotatable bonds is 15. The zero-order valence-electron chi connectivity index (χ0n) is 18.9. The third-order valence-corrected chi connectivity index (χ3v) is 5.16. The molecule has 0 fully saturated rings. The SMILES string of the molecule is CCCCCCCC/C=C\CCCCCCCC(=O)O.c1ccc2ncccc2c1. The molecule has 1 aromatic heterocycles. The number of nitrogens with zero attached hydrogens (tertiary/aromatic N) is 1. The number of aliphatic carboxylic acids is 1. The third kappa shape index (κ3) is 14.8. The maximum Gasteiger partial charge on any atom is 0.303 e. The van der Waals surface area contributed by atoms with Crippen molar-refractivity contribution in [1.82, 2.24) is 4.98 Å². The fourth-order valence-electron chi connectivity index (χ4n) is 3.36. The van der Waals surface area contributed by atoms with E-state index in [2.05, 4.69) is 36.2 Å². The Balaban J connectivity index is 0.000000367. The highest BCUT2D eigenvalue weighted by Crippen LogP contribution is 2.10. The monoisotopic (exact) mass is 411 g/mol. The van der Waals surface area contributed by atoms with E-state index in [9.17, 15) is 4.79 Å². The number of hydrogen-bond acceptors (Lipinski definition) is 2. The van der Waals surface area contributed by atoms with Gasteiger partial charge in [0.2, 0.25) is 0 Å². The predicted octanol–water partition coefficient (Wildman–Crippen LogP) is 8.34. The first kappa shape index (κ1) is 25.9. The van der Waals surface area contributed by atoms with Crippen molar-refractivity contribution in [2.75, 3.05) is 0 Å². The topological polar surface area (TPSA) is 50.2 Å². The minimum absolute atomic E-state index is 0.332. The average Bonchev–Trinajstić information content (AvgIpc) is 2.77. The molecule has 1 heterocycles. The molecule has 0 atom stereocenters. The lowest BCUT2D eigenvalue weighted by Crippen LogP contribution is -1.93. The van der Waals surface area contributed by atoms with Gasteiger partial charge in [0.15, 0.2) is 0 Å². The van der Waals surface area contributed by atoms with Gasteiger partial charge in [-0.3, -0.25) is 9.78 Å². The van der Waals surface area contributed by atoms with E-state index < -0.39 is 5.97 Å². The molecule has 0 aliphatic carbocycles. The van der Waals surface area contributed by atoms with Gasteiger partial charge in [-0.1, -0.05) is 94.7 Å². The summed E-state index contributed by atoms with van der Waals surface area (Å²) in [5, 5.41) is 9.71. The van der Waals surface area contributed by atoms with Crippen LogP contribution in [0.2, 0.25) is 0 Å². The highest BCUT2D eigenvalue weighted by atomic mass is 16.4. The number of benzene rings is 1. The molecule has 0 saturated carbocycles. The molecule has 0 aliphatic heterocycles. The predicted molar refractivity (Wildman–Crippen MR) is 129 cm³/mol. The summed E-state index contributed by atoms with van der Waals surface area (Å²) in [6.45, 7) is 2.26. The number of fused-ring (bicyclic) bond motifs is 1. The van der Waals surface area contributed by atoms with Crippen LogP contribution < -0.4 is 0 Å². The molecule has 0 amide bonds. The molecule has 0 unspecified atom stereocenters. The summed E-state index contributed by atoms with van der Waals surface area (Å²) >= 11 is 0. The number of para-hydroxylation sites is 1. The Kier molecular flexibility index (Phi) is 16.3. The van der Waals surface area contributed by atoms with Crippen molar-refractivity contribution < 1.29 is 9.90 Å². The standard InChI is InChI=1S/C18H34O2.C9H7N/c1-2-3-4-5-6-7-8-9-10-11-12-13-14-15-16-17-18(19)20;1-2-6-9-8(4-1)5-3-7-10-9/h9-10H,2-8,11-17H2,1H3,(H,19,20);1-7H/b10-9-;. The molecule has 30 heavy (non-hydrogen) atoms. The molecular weight excluding hydrogens is 370 g/mol. The van der Waals surface area contributed by atoms with Gasteiger partial charge in [0.1, 0.15) is 0 Å². The normalized spacial score (nSPS) is 10.8. The van der Waals surface area contributed by atoms with E-state index in [-0.39, 0.29) is 0 Å². The summed E-state index contributed by atoms with van der Waals surface area (Å²) in [6, 6.07) is 12.1. The van der Waals surface area contributed by atoms with Gasteiger partial charge < -0.3 is 5.11 Å². The average molecular weight is 412 g/mol. The number of allylic oxidation sites excluding steroid dienone is 2. The van der Waals surface area contributed by atoms with Crippen molar-refractivity contribution in [3.8, 4) is 0 Å². The first-order valence-corrected chi connectivity index (χ1v) is 11.9. The molecular formula is C27H41NO2. The Morgan fingerprint density at radius 1 is 0.800 bits per heavy atom. The van der Waals surface area contributed by atoms with E-state index in [0.717, 1.165) is 18.4 Å². The molecule has 0 saturated heterocycles. The zero-order chi connectivity index (χ0) is 21.7. The molecule has 0 spiro atoms. The summed E-state index contributed by atoms with van der Waals surface area (Å²) in [5.74, 6) is -0.664. The second-order valence-corrected chi connectivity index (χ2v) is 7.92. The number of hydrogen-bond donors (Lipinski definition) is 1. The van der Waals surface area contributed by atoms with Gasteiger partial charge in [0.25, 0.3) is 0 Å². The summed E-state index contributed by atoms with van der Waals surface area (Å²) < 4.78 is 0. The minimum Gasteiger partial charge on any atom is -0.481 e. The molecule has 1 aromatic carbocycles. The van der Waals surface area contributed by atoms with E-state index in [1.807, 2.05) is 30.5 Å². The van der Waals surface area contributed by atoms with E-state index >= 15 is 0 Å². The number of aromatic nitrogens is 1. The summed E-state index contributed by atoms with van der Waals surface area (Å²) in [7, 11) is 0. The minimum atomic E-state index is -0.664. The van der Waals surface area contributed by atoms with Crippen LogP contribution in [0.3, 0.4) is 0 Å². The van der Waals surface area contributed by atoms with Gasteiger partial charge in [0, 0.05) is 18.0 Å². The van der Waals surface area contributed by atoms with E-state index in [4.69, 9.17) is 5.11 Å². The number of unbranched alkanes of at least 4 members (excludes halogenated alkanes) is 11. The van der Waals surface area contributed by atoms with Gasteiger partial charge in [0.05, 0.1) is 5.52 Å². The van der Waals surface area contributed by atoms with Crippen molar-refractivity contribution in [2.24, 2.45) is 0 Å². The van der Waals surface area contributed by atoms with Gasteiger partial charge >= 0.3 is 5.97 Å². The lowest BCUT2D eigenvalue weighted by molar-refractivity contribution is -0.137. The van der Waals surface area contributed by atoms with Crippen LogP contribution in [0, 0.1) is 0 Å². The molecule has 1 N–H and O–H groups in total. The van der Waals surface area contributed by atoms with Crippen molar-refractivity contribution >= 4 is 16.9 Å². The lowest BCUT2D eigenvalue weighted by atomic mass is 10.1. The van der Waals surface area contributed by atoms with Crippen molar-refractivity contribution in [3.63, 3.8) is 0 Å². The number of carboxylic acid groups (broad SMARTS) is 1. The first-order chi connectivity index (χ1) is 14.7. The smallest absolute Gasteiger partial charge is 0.303 e. The van der Waals surface area contributed by atoms with Crippen LogP contribution in [-0.4, -0.2) is 16.1 Å². The summed E-state index contributed by atoms with van der Waals surface area (Å²) in [6.07, 6.45) is 23.0. The number of carbonyl (C=O) groups is 1. The lowest BCUT2D eigenvalue weighted by Gasteiger charge is -1.99. The van der Waals surface area contributed by atoms with E-state index in [1.54, 1.807) is 0 Å².